The van der Waals surface area contributed by atoms with Gasteiger partial charge in [-0.2, -0.15) is 0 Å². The fourth-order valence-corrected chi connectivity index (χ4v) is 2.40. The highest BCUT2D eigenvalue weighted by Gasteiger charge is 2.09. The van der Waals surface area contributed by atoms with E-state index in [1.165, 1.54) is 32.4 Å². The van der Waals surface area contributed by atoms with Gasteiger partial charge in [0.2, 0.25) is 0 Å². The van der Waals surface area contributed by atoms with Crippen LogP contribution in [-0.2, 0) is 4.74 Å². The van der Waals surface area contributed by atoms with E-state index in [1.54, 1.807) is 6.92 Å². The van der Waals surface area contributed by atoms with E-state index in [1.807, 2.05) is 24.3 Å². The molecule has 5 nitrogen and oxygen atoms in total. The van der Waals surface area contributed by atoms with Gasteiger partial charge < -0.3 is 9.47 Å². The zero-order valence-electron chi connectivity index (χ0n) is 12.6. The number of benzene rings is 1. The maximum absolute atomic E-state index is 11.3. The van der Waals surface area contributed by atoms with Gasteiger partial charge in [0.1, 0.15) is 12.4 Å². The Hall–Kier alpha value is -1.75. The van der Waals surface area contributed by atoms with Crippen molar-refractivity contribution < 1.29 is 14.3 Å². The molecule has 2 rings (SSSR count). The number of hydrogen-bond acceptors (Lipinski definition) is 4. The van der Waals surface area contributed by atoms with Crippen LogP contribution < -0.4 is 10.1 Å². The Morgan fingerprint density at radius 2 is 1.90 bits per heavy atom. The maximum Gasteiger partial charge on any atom is 0.411 e. The van der Waals surface area contributed by atoms with Crippen molar-refractivity contribution in [1.29, 1.82) is 0 Å². The third kappa shape index (κ3) is 5.63. The molecule has 0 unspecified atom stereocenters. The van der Waals surface area contributed by atoms with Crippen LogP contribution in [-0.4, -0.2) is 43.8 Å². The van der Waals surface area contributed by atoms with Gasteiger partial charge in [-0.1, -0.05) is 6.42 Å². The summed E-state index contributed by atoms with van der Waals surface area (Å²) in [7, 11) is 0. The number of hydrogen-bond donors (Lipinski definition) is 1. The van der Waals surface area contributed by atoms with Crippen molar-refractivity contribution in [3.63, 3.8) is 0 Å². The summed E-state index contributed by atoms with van der Waals surface area (Å²) in [5.41, 5.74) is 0.705. The Kier molecular flexibility index (Phi) is 6.34. The first-order chi connectivity index (χ1) is 10.3. The van der Waals surface area contributed by atoms with Gasteiger partial charge in [0.05, 0.1) is 6.61 Å². The molecule has 1 saturated heterocycles. The fourth-order valence-electron chi connectivity index (χ4n) is 2.40. The number of carbonyl (C=O) groups is 1. The molecule has 0 bridgehead atoms. The molecule has 116 valence electrons. The Balaban J connectivity index is 1.70. The number of nitrogens with zero attached hydrogens (tertiary/aromatic N) is 1. The van der Waals surface area contributed by atoms with E-state index in [9.17, 15) is 4.79 Å². The highest BCUT2D eigenvalue weighted by molar-refractivity contribution is 5.84. The molecule has 0 aliphatic carbocycles. The molecular weight excluding hydrogens is 268 g/mol. The number of carbonyl (C=O) groups excluding carboxylic acids is 1. The largest absolute Gasteiger partial charge is 0.492 e. The average molecular weight is 292 g/mol. The minimum atomic E-state index is -0.434. The van der Waals surface area contributed by atoms with E-state index in [0.717, 1.165) is 12.3 Å². The minimum absolute atomic E-state index is 0.365. The predicted octanol–water partition coefficient (Wildman–Crippen LogP) is 3.12. The summed E-state index contributed by atoms with van der Waals surface area (Å²) in [6.07, 6.45) is 3.52. The Bertz CT molecular complexity index is 428. The monoisotopic (exact) mass is 292 g/mol. The molecule has 0 radical (unpaired) electrons. The molecule has 0 spiro atoms. The molecule has 1 heterocycles. The predicted molar refractivity (Wildman–Crippen MR) is 82.9 cm³/mol. The molecule has 0 atom stereocenters. The highest BCUT2D eigenvalue weighted by atomic mass is 16.5. The van der Waals surface area contributed by atoms with Crippen molar-refractivity contribution in [2.24, 2.45) is 0 Å². The summed E-state index contributed by atoms with van der Waals surface area (Å²) >= 11 is 0. The van der Waals surface area contributed by atoms with Crippen molar-refractivity contribution in [3.8, 4) is 5.75 Å². The van der Waals surface area contributed by atoms with Crippen LogP contribution in [0.4, 0.5) is 10.5 Å². The van der Waals surface area contributed by atoms with E-state index >= 15 is 0 Å². The molecule has 1 aromatic rings. The van der Waals surface area contributed by atoms with Crippen LogP contribution in [0.5, 0.6) is 5.75 Å². The zero-order chi connectivity index (χ0) is 14.9. The van der Waals surface area contributed by atoms with Gasteiger partial charge in [-0.05, 0) is 57.1 Å². The molecule has 1 aliphatic rings. The average Bonchev–Trinajstić information content (AvgIpc) is 2.50. The van der Waals surface area contributed by atoms with E-state index in [-0.39, 0.29) is 0 Å². The first kappa shape index (κ1) is 15.6. The summed E-state index contributed by atoms with van der Waals surface area (Å²) in [6, 6.07) is 7.34. The van der Waals surface area contributed by atoms with Gasteiger partial charge in [0, 0.05) is 12.2 Å². The Morgan fingerprint density at radius 1 is 1.19 bits per heavy atom. The molecule has 5 heteroatoms. The standard InChI is InChI=1S/C16H24N2O3/c1-2-20-16(19)17-14-6-8-15(9-7-14)21-13-12-18-10-4-3-5-11-18/h6-9H,2-5,10-13H2,1H3,(H,17,19). The third-order valence-corrected chi connectivity index (χ3v) is 3.50. The van der Waals surface area contributed by atoms with Crippen molar-refractivity contribution in [3.05, 3.63) is 24.3 Å². The Morgan fingerprint density at radius 3 is 2.57 bits per heavy atom. The van der Waals surface area contributed by atoms with Crippen molar-refractivity contribution in [2.75, 3.05) is 38.2 Å². The van der Waals surface area contributed by atoms with E-state index in [0.29, 0.717) is 18.9 Å². The van der Waals surface area contributed by atoms with Gasteiger partial charge in [-0.3, -0.25) is 10.2 Å². The van der Waals surface area contributed by atoms with Crippen LogP contribution in [0.3, 0.4) is 0 Å². The van der Waals surface area contributed by atoms with Crippen LogP contribution in [0.15, 0.2) is 24.3 Å². The zero-order valence-corrected chi connectivity index (χ0v) is 12.6. The number of amides is 1. The van der Waals surface area contributed by atoms with Crippen LogP contribution in [0.2, 0.25) is 0 Å². The topological polar surface area (TPSA) is 50.8 Å². The summed E-state index contributed by atoms with van der Waals surface area (Å²) in [5.74, 6) is 0.821. The molecule has 0 saturated carbocycles. The second-order valence-corrected chi connectivity index (χ2v) is 5.12. The van der Waals surface area contributed by atoms with Crippen LogP contribution in [0, 0.1) is 0 Å². The lowest BCUT2D eigenvalue weighted by molar-refractivity contribution is 0.168. The van der Waals surface area contributed by atoms with E-state index < -0.39 is 6.09 Å². The highest BCUT2D eigenvalue weighted by Crippen LogP contribution is 2.16. The molecule has 1 amide bonds. The lowest BCUT2D eigenvalue weighted by atomic mass is 10.1. The lowest BCUT2D eigenvalue weighted by Crippen LogP contribution is -2.33. The Labute approximate surface area is 126 Å². The minimum Gasteiger partial charge on any atom is -0.492 e. The first-order valence-corrected chi connectivity index (χ1v) is 7.67. The van der Waals surface area contributed by atoms with Gasteiger partial charge >= 0.3 is 6.09 Å². The second-order valence-electron chi connectivity index (χ2n) is 5.12. The number of piperidine rings is 1. The lowest BCUT2D eigenvalue weighted by Gasteiger charge is -2.26. The fraction of sp³-hybridized carbons (Fsp3) is 0.562. The van der Waals surface area contributed by atoms with Gasteiger partial charge in [0.15, 0.2) is 0 Å². The molecule has 1 aliphatic heterocycles. The first-order valence-electron chi connectivity index (χ1n) is 7.67. The van der Waals surface area contributed by atoms with Gasteiger partial charge in [0.25, 0.3) is 0 Å². The maximum atomic E-state index is 11.3. The smallest absolute Gasteiger partial charge is 0.411 e. The number of nitrogens with one attached hydrogen (secondary N) is 1. The summed E-state index contributed by atoms with van der Waals surface area (Å²) in [6.45, 7) is 6.19. The third-order valence-electron chi connectivity index (χ3n) is 3.50. The molecule has 1 aromatic carbocycles. The van der Waals surface area contributed by atoms with Crippen molar-refractivity contribution >= 4 is 11.8 Å². The summed E-state index contributed by atoms with van der Waals surface area (Å²) in [4.78, 5) is 13.7. The van der Waals surface area contributed by atoms with Crippen LogP contribution in [0.25, 0.3) is 0 Å². The number of ether oxygens (including phenoxy) is 2. The summed E-state index contributed by atoms with van der Waals surface area (Å²) < 4.78 is 10.6. The molecule has 21 heavy (non-hydrogen) atoms. The normalized spacial score (nSPS) is 15.5. The molecule has 1 N–H and O–H groups in total. The molecular formula is C16H24N2O3. The summed E-state index contributed by atoms with van der Waals surface area (Å²) in [5, 5.41) is 2.65. The van der Waals surface area contributed by atoms with Crippen molar-refractivity contribution in [2.45, 2.75) is 26.2 Å². The van der Waals surface area contributed by atoms with E-state index in [2.05, 4.69) is 10.2 Å². The van der Waals surface area contributed by atoms with Gasteiger partial charge in [-0.15, -0.1) is 0 Å². The second kappa shape index (κ2) is 8.52. The van der Waals surface area contributed by atoms with Crippen LogP contribution in [0.1, 0.15) is 26.2 Å². The van der Waals surface area contributed by atoms with Gasteiger partial charge in [-0.25, -0.2) is 4.79 Å². The molecule has 1 fully saturated rings. The number of rotatable bonds is 6. The molecule has 0 aromatic heterocycles. The number of likely N-dealkylation sites (tertiary alicyclic amines) is 1. The SMILES string of the molecule is CCOC(=O)Nc1ccc(OCCN2CCCCC2)cc1. The quantitative estimate of drug-likeness (QED) is 0.875. The van der Waals surface area contributed by atoms with Crippen molar-refractivity contribution in [1.82, 2.24) is 4.90 Å². The van der Waals surface area contributed by atoms with Crippen LogP contribution >= 0.6 is 0 Å². The van der Waals surface area contributed by atoms with E-state index in [4.69, 9.17) is 9.47 Å². The number of anilines is 1.